The maximum atomic E-state index is 11.8. The number of nitrogens with zero attached hydrogens (tertiary/aromatic N) is 2. The second-order valence-corrected chi connectivity index (χ2v) is 5.20. The lowest BCUT2D eigenvalue weighted by Gasteiger charge is -2.24. The zero-order valence-electron chi connectivity index (χ0n) is 11.0. The molecule has 17 heavy (non-hydrogen) atoms. The molecule has 0 aliphatic rings. The van der Waals surface area contributed by atoms with E-state index in [1.165, 1.54) is 0 Å². The summed E-state index contributed by atoms with van der Waals surface area (Å²) in [5, 5.41) is 10.1. The molecule has 0 aliphatic carbocycles. The molecular formula is C12H20N2O3. The summed E-state index contributed by atoms with van der Waals surface area (Å²) >= 11 is 0. The van der Waals surface area contributed by atoms with Crippen LogP contribution < -0.4 is 0 Å². The van der Waals surface area contributed by atoms with E-state index in [0.29, 0.717) is 5.69 Å². The molecule has 2 unspecified atom stereocenters. The van der Waals surface area contributed by atoms with Crippen LogP contribution in [0, 0.1) is 5.92 Å². The molecule has 1 rings (SSSR count). The lowest BCUT2D eigenvalue weighted by atomic mass is 10.0. The topological polar surface area (TPSA) is 64.3 Å². The summed E-state index contributed by atoms with van der Waals surface area (Å²) in [6.45, 7) is 7.04. The molecule has 0 saturated carbocycles. The molecule has 0 aliphatic heterocycles. The van der Waals surface area contributed by atoms with E-state index in [-0.39, 0.29) is 0 Å². The Morgan fingerprint density at radius 2 is 2.12 bits per heavy atom. The summed E-state index contributed by atoms with van der Waals surface area (Å²) in [7, 11) is 1.77. The molecule has 0 bridgehead atoms. The van der Waals surface area contributed by atoms with Crippen molar-refractivity contribution in [3.05, 3.63) is 18.2 Å². The third kappa shape index (κ3) is 3.56. The highest BCUT2D eigenvalue weighted by molar-refractivity contribution is 5.73. The zero-order valence-corrected chi connectivity index (χ0v) is 11.0. The van der Waals surface area contributed by atoms with Crippen LogP contribution in [0.3, 0.4) is 0 Å². The van der Waals surface area contributed by atoms with Gasteiger partial charge in [-0.05, 0) is 27.7 Å². The molecule has 1 heterocycles. The molecule has 5 nitrogen and oxygen atoms in total. The van der Waals surface area contributed by atoms with Gasteiger partial charge in [0.15, 0.2) is 0 Å². The Balaban J connectivity index is 2.74. The predicted octanol–water partition coefficient (Wildman–Crippen LogP) is 1.43. The van der Waals surface area contributed by atoms with E-state index in [1.54, 1.807) is 51.8 Å². The zero-order chi connectivity index (χ0) is 13.2. The summed E-state index contributed by atoms with van der Waals surface area (Å²) in [6.07, 6.45) is 2.23. The maximum Gasteiger partial charge on any atom is 0.312 e. The Labute approximate surface area is 101 Å². The third-order valence-corrected chi connectivity index (χ3v) is 2.41. The second kappa shape index (κ2) is 4.87. The lowest BCUT2D eigenvalue weighted by molar-refractivity contribution is -0.163. The fraction of sp³-hybridized carbons (Fsp3) is 0.667. The van der Waals surface area contributed by atoms with Crippen molar-refractivity contribution < 1.29 is 14.6 Å². The largest absolute Gasteiger partial charge is 0.460 e. The number of hydrogen-bond acceptors (Lipinski definition) is 4. The molecule has 1 aromatic rings. The van der Waals surface area contributed by atoms with Gasteiger partial charge in [0, 0.05) is 7.05 Å². The van der Waals surface area contributed by atoms with Gasteiger partial charge in [0.05, 0.1) is 24.1 Å². The first-order valence-electron chi connectivity index (χ1n) is 5.59. The Morgan fingerprint density at radius 3 is 2.53 bits per heavy atom. The third-order valence-electron chi connectivity index (χ3n) is 2.41. The van der Waals surface area contributed by atoms with Crippen molar-refractivity contribution >= 4 is 5.97 Å². The molecule has 0 aromatic carbocycles. The van der Waals surface area contributed by atoms with Crippen molar-refractivity contribution in [2.45, 2.75) is 39.4 Å². The van der Waals surface area contributed by atoms with E-state index in [2.05, 4.69) is 4.98 Å². The minimum atomic E-state index is -0.905. The molecule has 2 atom stereocenters. The number of carbonyl (C=O) groups excluding carboxylic acids is 1. The Hall–Kier alpha value is -1.36. The van der Waals surface area contributed by atoms with Crippen molar-refractivity contribution in [2.75, 3.05) is 0 Å². The molecular weight excluding hydrogens is 220 g/mol. The summed E-state index contributed by atoms with van der Waals surface area (Å²) < 4.78 is 6.92. The van der Waals surface area contributed by atoms with Crippen LogP contribution in [-0.4, -0.2) is 26.2 Å². The molecule has 0 saturated heterocycles. The second-order valence-electron chi connectivity index (χ2n) is 5.20. The van der Waals surface area contributed by atoms with Gasteiger partial charge in [0.25, 0.3) is 0 Å². The van der Waals surface area contributed by atoms with Crippen LogP contribution in [0.25, 0.3) is 0 Å². The van der Waals surface area contributed by atoms with E-state index in [4.69, 9.17) is 4.74 Å². The SMILES string of the molecule is CC(C(=O)OC(C)(C)C)C(O)c1cncn1C. The molecule has 96 valence electrons. The van der Waals surface area contributed by atoms with Gasteiger partial charge in [-0.3, -0.25) is 4.79 Å². The van der Waals surface area contributed by atoms with Gasteiger partial charge in [0.1, 0.15) is 11.7 Å². The van der Waals surface area contributed by atoms with Crippen LogP contribution in [0.4, 0.5) is 0 Å². The quantitative estimate of drug-likeness (QED) is 0.812. The molecule has 5 heteroatoms. The van der Waals surface area contributed by atoms with Gasteiger partial charge in [-0.1, -0.05) is 0 Å². The number of aliphatic hydroxyl groups is 1. The lowest BCUT2D eigenvalue weighted by Crippen LogP contribution is -2.30. The first-order valence-corrected chi connectivity index (χ1v) is 5.59. The van der Waals surface area contributed by atoms with Crippen molar-refractivity contribution in [1.29, 1.82) is 0 Å². The molecule has 0 radical (unpaired) electrons. The van der Waals surface area contributed by atoms with Gasteiger partial charge in [0.2, 0.25) is 0 Å². The number of aliphatic hydroxyl groups excluding tert-OH is 1. The van der Waals surface area contributed by atoms with E-state index in [0.717, 1.165) is 0 Å². The van der Waals surface area contributed by atoms with Crippen molar-refractivity contribution in [2.24, 2.45) is 13.0 Å². The van der Waals surface area contributed by atoms with Gasteiger partial charge in [-0.25, -0.2) is 4.98 Å². The molecule has 0 fully saturated rings. The Bertz CT molecular complexity index is 393. The van der Waals surface area contributed by atoms with E-state index >= 15 is 0 Å². The number of aryl methyl sites for hydroxylation is 1. The van der Waals surface area contributed by atoms with Gasteiger partial charge >= 0.3 is 5.97 Å². The van der Waals surface area contributed by atoms with Gasteiger partial charge in [-0.2, -0.15) is 0 Å². The minimum absolute atomic E-state index is 0.411. The van der Waals surface area contributed by atoms with E-state index in [9.17, 15) is 9.90 Å². The van der Waals surface area contributed by atoms with Gasteiger partial charge < -0.3 is 14.4 Å². The summed E-state index contributed by atoms with van der Waals surface area (Å²) in [4.78, 5) is 15.7. The Kier molecular flexibility index (Phi) is 3.93. The van der Waals surface area contributed by atoms with Crippen LogP contribution in [0.15, 0.2) is 12.5 Å². The van der Waals surface area contributed by atoms with Crippen LogP contribution in [0.2, 0.25) is 0 Å². The average molecular weight is 240 g/mol. The van der Waals surface area contributed by atoms with Crippen molar-refractivity contribution in [3.63, 3.8) is 0 Å². The highest BCUT2D eigenvalue weighted by Crippen LogP contribution is 2.23. The van der Waals surface area contributed by atoms with Crippen LogP contribution in [0.1, 0.15) is 39.5 Å². The number of esters is 1. The van der Waals surface area contributed by atoms with Crippen molar-refractivity contribution in [3.8, 4) is 0 Å². The number of imidazole rings is 1. The number of hydrogen-bond donors (Lipinski definition) is 1. The number of rotatable bonds is 3. The van der Waals surface area contributed by atoms with Crippen LogP contribution in [-0.2, 0) is 16.6 Å². The number of aromatic nitrogens is 2. The average Bonchev–Trinajstić information content (AvgIpc) is 2.59. The predicted molar refractivity (Wildman–Crippen MR) is 63.2 cm³/mol. The molecule has 1 aromatic heterocycles. The standard InChI is InChI=1S/C12H20N2O3/c1-8(11(16)17-12(2,3)4)10(15)9-6-13-7-14(9)5/h6-8,10,15H,1-5H3. The van der Waals surface area contributed by atoms with Crippen molar-refractivity contribution in [1.82, 2.24) is 9.55 Å². The molecule has 0 amide bonds. The highest BCUT2D eigenvalue weighted by Gasteiger charge is 2.29. The fourth-order valence-electron chi connectivity index (χ4n) is 1.43. The fourth-order valence-corrected chi connectivity index (χ4v) is 1.43. The molecule has 1 N–H and O–H groups in total. The monoisotopic (exact) mass is 240 g/mol. The minimum Gasteiger partial charge on any atom is -0.460 e. The number of carbonyl (C=O) groups is 1. The van der Waals surface area contributed by atoms with Gasteiger partial charge in [-0.15, -0.1) is 0 Å². The number of ether oxygens (including phenoxy) is 1. The smallest absolute Gasteiger partial charge is 0.312 e. The summed E-state index contributed by atoms with van der Waals surface area (Å²) in [5.74, 6) is -1.03. The van der Waals surface area contributed by atoms with Crippen LogP contribution >= 0.6 is 0 Å². The normalized spacial score (nSPS) is 15.4. The maximum absolute atomic E-state index is 11.8. The first kappa shape index (κ1) is 13.7. The van der Waals surface area contributed by atoms with Crippen LogP contribution in [0.5, 0.6) is 0 Å². The van der Waals surface area contributed by atoms with E-state index < -0.39 is 23.6 Å². The Morgan fingerprint density at radius 1 is 1.53 bits per heavy atom. The first-order chi connectivity index (χ1) is 7.72. The van der Waals surface area contributed by atoms with E-state index in [1.807, 2.05) is 0 Å². The highest BCUT2D eigenvalue weighted by atomic mass is 16.6. The molecule has 0 spiro atoms. The summed E-state index contributed by atoms with van der Waals surface area (Å²) in [5.41, 5.74) is 0.0562. The summed E-state index contributed by atoms with van der Waals surface area (Å²) in [6, 6.07) is 0.